The highest BCUT2D eigenvalue weighted by Crippen LogP contribution is 2.29. The van der Waals surface area contributed by atoms with E-state index in [-0.39, 0.29) is 6.61 Å². The molecule has 2 N–H and O–H groups in total. The molecule has 1 atom stereocenters. The molecule has 110 valence electrons. The molecule has 0 aliphatic carbocycles. The molecule has 2 aromatic carbocycles. The van der Waals surface area contributed by atoms with E-state index >= 15 is 0 Å². The van der Waals surface area contributed by atoms with Crippen molar-refractivity contribution in [1.82, 2.24) is 0 Å². The zero-order valence-electron chi connectivity index (χ0n) is 12.0. The van der Waals surface area contributed by atoms with E-state index in [1.54, 1.807) is 6.92 Å². The summed E-state index contributed by atoms with van der Waals surface area (Å²) in [7, 11) is 0. The van der Waals surface area contributed by atoms with Crippen LogP contribution in [0.2, 0.25) is 0 Å². The number of ether oxygens (including phenoxy) is 2. The average Bonchev–Trinajstić information content (AvgIpc) is 2.54. The van der Waals surface area contributed by atoms with Gasteiger partial charge in [-0.2, -0.15) is 0 Å². The number of carbonyl (C=O) groups excluding carboxylic acids is 1. The first-order valence-corrected chi connectivity index (χ1v) is 6.92. The molecule has 0 heterocycles. The Morgan fingerprint density at radius 3 is 2.48 bits per heavy atom. The quantitative estimate of drug-likeness (QED) is 0.829. The third-order valence-corrected chi connectivity index (χ3v) is 2.98. The van der Waals surface area contributed by atoms with Gasteiger partial charge in [-0.25, -0.2) is 0 Å². The predicted molar refractivity (Wildman–Crippen MR) is 82.0 cm³/mol. The van der Waals surface area contributed by atoms with Gasteiger partial charge in [0.25, 0.3) is 0 Å². The van der Waals surface area contributed by atoms with Crippen molar-refractivity contribution in [3.8, 4) is 16.9 Å². The molecule has 1 unspecified atom stereocenters. The van der Waals surface area contributed by atoms with Crippen molar-refractivity contribution in [3.63, 3.8) is 0 Å². The minimum Gasteiger partial charge on any atom is -0.491 e. The summed E-state index contributed by atoms with van der Waals surface area (Å²) in [5.41, 5.74) is 7.76. The molecule has 4 nitrogen and oxygen atoms in total. The van der Waals surface area contributed by atoms with Gasteiger partial charge in [-0.15, -0.1) is 0 Å². The minimum absolute atomic E-state index is 0.0860. The van der Waals surface area contributed by atoms with Crippen molar-refractivity contribution in [3.05, 3.63) is 54.6 Å². The van der Waals surface area contributed by atoms with Crippen molar-refractivity contribution in [2.45, 2.75) is 13.0 Å². The Hall–Kier alpha value is -2.33. The molecule has 2 aromatic rings. The summed E-state index contributed by atoms with van der Waals surface area (Å²) in [5, 5.41) is 0. The van der Waals surface area contributed by atoms with Crippen molar-refractivity contribution in [2.75, 3.05) is 13.2 Å². The highest BCUT2D eigenvalue weighted by molar-refractivity contribution is 5.76. The summed E-state index contributed by atoms with van der Waals surface area (Å²) in [6.45, 7) is 2.14. The molecule has 21 heavy (non-hydrogen) atoms. The molecule has 0 saturated heterocycles. The average molecular weight is 285 g/mol. The van der Waals surface area contributed by atoms with Gasteiger partial charge >= 0.3 is 5.97 Å². The molecule has 4 heteroatoms. The number of hydrogen-bond donors (Lipinski definition) is 1. The number of benzene rings is 2. The SMILES string of the molecule is CCOC(=O)C(N)COc1ccccc1-c1ccccc1. The fourth-order valence-corrected chi connectivity index (χ4v) is 1.95. The summed E-state index contributed by atoms with van der Waals surface area (Å²) in [4.78, 5) is 11.5. The van der Waals surface area contributed by atoms with Gasteiger partial charge in [0.2, 0.25) is 0 Å². The summed E-state index contributed by atoms with van der Waals surface area (Å²) in [5.74, 6) is 0.248. The Balaban J connectivity index is 2.09. The second-order valence-corrected chi connectivity index (χ2v) is 4.53. The lowest BCUT2D eigenvalue weighted by Crippen LogP contribution is -2.37. The van der Waals surface area contributed by atoms with E-state index in [1.165, 1.54) is 0 Å². The Bertz CT molecular complexity index is 584. The summed E-state index contributed by atoms with van der Waals surface area (Å²) >= 11 is 0. The minimum atomic E-state index is -0.784. The van der Waals surface area contributed by atoms with Crippen LogP contribution >= 0.6 is 0 Å². The number of rotatable bonds is 6. The maximum Gasteiger partial charge on any atom is 0.326 e. The molecular formula is C17H19NO3. The Labute approximate surface area is 124 Å². The summed E-state index contributed by atoms with van der Waals surface area (Å²) in [6, 6.07) is 16.8. The monoisotopic (exact) mass is 285 g/mol. The third-order valence-electron chi connectivity index (χ3n) is 2.98. The first-order valence-electron chi connectivity index (χ1n) is 6.92. The van der Waals surface area contributed by atoms with E-state index in [4.69, 9.17) is 15.2 Å². The van der Waals surface area contributed by atoms with Crippen LogP contribution in [0.3, 0.4) is 0 Å². The second kappa shape index (κ2) is 7.45. The number of esters is 1. The molecule has 0 radical (unpaired) electrons. The van der Waals surface area contributed by atoms with E-state index in [0.29, 0.717) is 12.4 Å². The fraction of sp³-hybridized carbons (Fsp3) is 0.235. The summed E-state index contributed by atoms with van der Waals surface area (Å²) < 4.78 is 10.6. The van der Waals surface area contributed by atoms with Crippen molar-refractivity contribution in [1.29, 1.82) is 0 Å². The third kappa shape index (κ3) is 4.07. The van der Waals surface area contributed by atoms with Gasteiger partial charge in [0.15, 0.2) is 0 Å². The van der Waals surface area contributed by atoms with E-state index in [0.717, 1.165) is 11.1 Å². The van der Waals surface area contributed by atoms with Crippen LogP contribution in [0.25, 0.3) is 11.1 Å². The highest BCUT2D eigenvalue weighted by atomic mass is 16.5. The molecule has 0 aromatic heterocycles. The molecule has 0 bridgehead atoms. The molecule has 0 aliphatic rings. The van der Waals surface area contributed by atoms with Gasteiger partial charge in [-0.3, -0.25) is 4.79 Å². The molecular weight excluding hydrogens is 266 g/mol. The lowest BCUT2D eigenvalue weighted by atomic mass is 10.1. The van der Waals surface area contributed by atoms with Crippen molar-refractivity contribution >= 4 is 5.97 Å². The summed E-state index contributed by atoms with van der Waals surface area (Å²) in [6.07, 6.45) is 0. The zero-order valence-corrected chi connectivity index (χ0v) is 12.0. The number of hydrogen-bond acceptors (Lipinski definition) is 4. The lowest BCUT2D eigenvalue weighted by Gasteiger charge is -2.15. The van der Waals surface area contributed by atoms with Crippen LogP contribution in [0.5, 0.6) is 5.75 Å². The van der Waals surface area contributed by atoms with E-state index in [9.17, 15) is 4.79 Å². The van der Waals surface area contributed by atoms with E-state index in [1.807, 2.05) is 54.6 Å². The normalized spacial score (nSPS) is 11.7. The number of para-hydroxylation sites is 1. The zero-order chi connectivity index (χ0) is 15.1. The molecule has 0 spiro atoms. The predicted octanol–water partition coefficient (Wildman–Crippen LogP) is 2.62. The Morgan fingerprint density at radius 2 is 1.76 bits per heavy atom. The standard InChI is InChI=1S/C17H19NO3/c1-2-20-17(19)15(18)12-21-16-11-7-6-10-14(16)13-8-4-3-5-9-13/h3-11,15H,2,12,18H2,1H3. The topological polar surface area (TPSA) is 61.5 Å². The fourth-order valence-electron chi connectivity index (χ4n) is 1.95. The van der Waals surface area contributed by atoms with Crippen LogP contribution in [0.1, 0.15) is 6.92 Å². The largest absolute Gasteiger partial charge is 0.491 e. The number of nitrogens with two attached hydrogens (primary N) is 1. The van der Waals surface area contributed by atoms with Gasteiger partial charge in [0.05, 0.1) is 6.61 Å². The maximum atomic E-state index is 11.5. The molecule has 2 rings (SSSR count). The van der Waals surface area contributed by atoms with Gasteiger partial charge in [-0.05, 0) is 18.6 Å². The molecule has 0 aliphatic heterocycles. The van der Waals surface area contributed by atoms with Gasteiger partial charge in [-0.1, -0.05) is 48.5 Å². The van der Waals surface area contributed by atoms with E-state index in [2.05, 4.69) is 0 Å². The van der Waals surface area contributed by atoms with Crippen LogP contribution in [0, 0.1) is 0 Å². The van der Waals surface area contributed by atoms with Crippen LogP contribution in [-0.2, 0) is 9.53 Å². The van der Waals surface area contributed by atoms with Crippen LogP contribution in [0.4, 0.5) is 0 Å². The lowest BCUT2D eigenvalue weighted by molar-refractivity contribution is -0.145. The van der Waals surface area contributed by atoms with Gasteiger partial charge in [0, 0.05) is 5.56 Å². The van der Waals surface area contributed by atoms with Crippen LogP contribution in [-0.4, -0.2) is 25.2 Å². The Morgan fingerprint density at radius 1 is 1.10 bits per heavy atom. The van der Waals surface area contributed by atoms with Crippen molar-refractivity contribution in [2.24, 2.45) is 5.73 Å². The molecule has 0 amide bonds. The van der Waals surface area contributed by atoms with Crippen LogP contribution < -0.4 is 10.5 Å². The van der Waals surface area contributed by atoms with E-state index < -0.39 is 12.0 Å². The molecule has 0 saturated carbocycles. The van der Waals surface area contributed by atoms with Gasteiger partial charge < -0.3 is 15.2 Å². The van der Waals surface area contributed by atoms with Gasteiger partial charge in [0.1, 0.15) is 18.4 Å². The number of carbonyl (C=O) groups is 1. The second-order valence-electron chi connectivity index (χ2n) is 4.53. The Kier molecular flexibility index (Phi) is 5.35. The first kappa shape index (κ1) is 15.1. The first-order chi connectivity index (χ1) is 10.2. The van der Waals surface area contributed by atoms with Crippen LogP contribution in [0.15, 0.2) is 54.6 Å². The molecule has 0 fully saturated rings. The highest BCUT2D eigenvalue weighted by Gasteiger charge is 2.16. The smallest absolute Gasteiger partial charge is 0.326 e. The maximum absolute atomic E-state index is 11.5. The van der Waals surface area contributed by atoms with Crippen molar-refractivity contribution < 1.29 is 14.3 Å².